The van der Waals surface area contributed by atoms with E-state index in [2.05, 4.69) is 6.07 Å². The van der Waals surface area contributed by atoms with Crippen molar-refractivity contribution in [2.75, 3.05) is 18.1 Å². The molecule has 0 saturated carbocycles. The fourth-order valence-electron chi connectivity index (χ4n) is 4.91. The monoisotopic (exact) mass is 384 g/mol. The van der Waals surface area contributed by atoms with Gasteiger partial charge in [-0.3, -0.25) is 13.8 Å². The second-order valence-electron chi connectivity index (χ2n) is 7.05. The minimum atomic E-state index is -1.18. The molecule has 4 aliphatic rings. The van der Waals surface area contributed by atoms with Gasteiger partial charge in [0, 0.05) is 40.0 Å². The van der Waals surface area contributed by atoms with E-state index in [9.17, 15) is 19.1 Å². The first-order valence-electron chi connectivity index (χ1n) is 8.71. The number of nitriles is 1. The normalized spacial score (nSPS) is 35.3. The summed E-state index contributed by atoms with van der Waals surface area (Å²) in [5, 5.41) is 10.3. The summed E-state index contributed by atoms with van der Waals surface area (Å²) in [6.07, 6.45) is 1.61. The fraction of sp³-hybridized carbons (Fsp3) is 0.421. The maximum Gasteiger partial charge on any atom is 0.210 e. The molecule has 0 aromatic heterocycles. The maximum absolute atomic E-state index is 13.4. The average molecular weight is 384 g/mol. The largest absolute Gasteiger partial charge is 0.363 e. The van der Waals surface area contributed by atoms with Crippen LogP contribution in [-0.2, 0) is 10.8 Å². The number of carbonyl (C=O) groups is 2. The molecule has 3 aliphatic heterocycles. The molecule has 0 radical (unpaired) electrons. The first-order chi connectivity index (χ1) is 12.6. The molecule has 5 rings (SSSR count). The summed E-state index contributed by atoms with van der Waals surface area (Å²) in [5.74, 6) is 0.838. The molecule has 0 N–H and O–H groups in total. The number of hydrogen-bond acceptors (Lipinski definition) is 6. The molecule has 0 unspecified atom stereocenters. The van der Waals surface area contributed by atoms with Crippen LogP contribution in [0.2, 0.25) is 0 Å². The van der Waals surface area contributed by atoms with E-state index in [4.69, 9.17) is 0 Å². The molecule has 5 nitrogen and oxygen atoms in total. The zero-order valence-electron chi connectivity index (χ0n) is 13.9. The molecule has 132 valence electrons. The lowest BCUT2D eigenvalue weighted by Gasteiger charge is -2.35. The summed E-state index contributed by atoms with van der Waals surface area (Å²) < 4.78 is 12.3. The highest BCUT2D eigenvalue weighted by Crippen LogP contribution is 2.58. The number of benzene rings is 1. The van der Waals surface area contributed by atoms with Crippen LogP contribution in [0.4, 0.5) is 0 Å². The molecule has 4 atom stereocenters. The summed E-state index contributed by atoms with van der Waals surface area (Å²) in [4.78, 5) is 28.6. The zero-order valence-corrected chi connectivity index (χ0v) is 15.6. The number of thioether (sulfide) groups is 1. The van der Waals surface area contributed by atoms with Crippen molar-refractivity contribution >= 4 is 34.1 Å². The number of ketones is 2. The SMILES string of the molecule is N#C[C@]1([C@@H]2SCC[S@]2=O)C2=C(C(=O)c3ccccc3C2=O)N2CCC[C@@H]21. The summed E-state index contributed by atoms with van der Waals surface area (Å²) in [6.45, 7) is 0.665. The van der Waals surface area contributed by atoms with E-state index >= 15 is 0 Å². The minimum Gasteiger partial charge on any atom is -0.363 e. The number of carbonyl (C=O) groups excluding carboxylic acids is 2. The first kappa shape index (κ1) is 16.3. The van der Waals surface area contributed by atoms with Crippen molar-refractivity contribution in [1.29, 1.82) is 5.26 Å². The van der Waals surface area contributed by atoms with Gasteiger partial charge in [-0.1, -0.05) is 24.3 Å². The van der Waals surface area contributed by atoms with Crippen molar-refractivity contribution in [1.82, 2.24) is 4.90 Å². The Bertz CT molecular complexity index is 964. The van der Waals surface area contributed by atoms with Gasteiger partial charge >= 0.3 is 0 Å². The molecule has 1 aliphatic carbocycles. The van der Waals surface area contributed by atoms with Crippen molar-refractivity contribution < 1.29 is 13.8 Å². The number of nitrogens with zero attached hydrogens (tertiary/aromatic N) is 2. The number of rotatable bonds is 1. The van der Waals surface area contributed by atoms with E-state index in [1.54, 1.807) is 24.3 Å². The van der Waals surface area contributed by atoms with Gasteiger partial charge in [0.1, 0.15) is 10.00 Å². The van der Waals surface area contributed by atoms with Crippen molar-refractivity contribution in [3.8, 4) is 6.07 Å². The lowest BCUT2D eigenvalue weighted by atomic mass is 9.72. The van der Waals surface area contributed by atoms with Crippen LogP contribution in [0.1, 0.15) is 33.6 Å². The molecule has 7 heteroatoms. The summed E-state index contributed by atoms with van der Waals surface area (Å²) >= 11 is 1.51. The first-order valence-corrected chi connectivity index (χ1v) is 11.1. The van der Waals surface area contributed by atoms with E-state index < -0.39 is 20.8 Å². The summed E-state index contributed by atoms with van der Waals surface area (Å²) in [6, 6.07) is 9.01. The number of allylic oxidation sites excluding steroid dienone is 1. The van der Waals surface area contributed by atoms with Gasteiger partial charge < -0.3 is 4.90 Å². The molecule has 3 heterocycles. The molecule has 2 fully saturated rings. The third kappa shape index (κ3) is 1.79. The van der Waals surface area contributed by atoms with Crippen molar-refractivity contribution in [3.05, 3.63) is 46.7 Å². The fourth-order valence-corrected chi connectivity index (χ4v) is 8.90. The Morgan fingerprint density at radius 1 is 1.23 bits per heavy atom. The van der Waals surface area contributed by atoms with Crippen molar-refractivity contribution in [2.24, 2.45) is 5.41 Å². The van der Waals surface area contributed by atoms with Crippen molar-refractivity contribution in [3.63, 3.8) is 0 Å². The second-order valence-corrected chi connectivity index (χ2v) is 10.2. The Kier molecular flexibility index (Phi) is 3.47. The molecule has 0 amide bonds. The van der Waals surface area contributed by atoms with Crippen LogP contribution in [-0.4, -0.2) is 49.3 Å². The highest BCUT2D eigenvalue weighted by Gasteiger charge is 2.65. The summed E-state index contributed by atoms with van der Waals surface area (Å²) in [7, 11) is -1.18. The highest BCUT2D eigenvalue weighted by molar-refractivity contribution is 8.14. The Morgan fingerprint density at radius 2 is 1.96 bits per heavy atom. The third-order valence-corrected chi connectivity index (χ3v) is 9.80. The van der Waals surface area contributed by atoms with Gasteiger partial charge in [0.05, 0.1) is 23.4 Å². The topological polar surface area (TPSA) is 78.2 Å². The Labute approximate surface area is 157 Å². The van der Waals surface area contributed by atoms with Gasteiger partial charge in [-0.15, -0.1) is 11.8 Å². The number of fused-ring (bicyclic) bond motifs is 3. The molecular weight excluding hydrogens is 368 g/mol. The zero-order chi connectivity index (χ0) is 18.1. The molecule has 0 bridgehead atoms. The van der Waals surface area contributed by atoms with Gasteiger partial charge in [0.25, 0.3) is 0 Å². The van der Waals surface area contributed by atoms with Crippen LogP contribution in [0.5, 0.6) is 0 Å². The molecule has 26 heavy (non-hydrogen) atoms. The Balaban J connectivity index is 1.80. The van der Waals surface area contributed by atoms with Crippen molar-refractivity contribution in [2.45, 2.75) is 23.5 Å². The Morgan fingerprint density at radius 3 is 2.62 bits per heavy atom. The van der Waals surface area contributed by atoms with E-state index in [0.717, 1.165) is 18.6 Å². The van der Waals surface area contributed by atoms with Gasteiger partial charge in [-0.2, -0.15) is 5.26 Å². The highest BCUT2D eigenvalue weighted by atomic mass is 32.2. The molecular formula is C19H16N2O3S2. The minimum absolute atomic E-state index is 0.173. The second kappa shape index (κ2) is 5.54. The van der Waals surface area contributed by atoms with E-state index in [1.165, 1.54) is 11.8 Å². The van der Waals surface area contributed by atoms with Crippen LogP contribution in [0.25, 0.3) is 0 Å². The molecule has 2 saturated heterocycles. The molecule has 0 spiro atoms. The van der Waals surface area contributed by atoms with Gasteiger partial charge in [-0.25, -0.2) is 0 Å². The smallest absolute Gasteiger partial charge is 0.210 e. The van der Waals surface area contributed by atoms with Gasteiger partial charge in [-0.05, 0) is 12.8 Å². The third-order valence-electron chi connectivity index (χ3n) is 5.92. The number of hydrogen-bond donors (Lipinski definition) is 0. The van der Waals surface area contributed by atoms with E-state index in [1.807, 2.05) is 4.90 Å². The molecule has 1 aromatic rings. The number of Topliss-reactive ketones (excluding diaryl/α,β-unsaturated/α-hetero) is 2. The average Bonchev–Trinajstić information content (AvgIpc) is 3.35. The predicted molar refractivity (Wildman–Crippen MR) is 99.2 cm³/mol. The lowest BCUT2D eigenvalue weighted by molar-refractivity contribution is 0.0955. The lowest BCUT2D eigenvalue weighted by Crippen LogP contribution is -2.46. The van der Waals surface area contributed by atoms with Crippen LogP contribution in [0.3, 0.4) is 0 Å². The predicted octanol–water partition coefficient (Wildman–Crippen LogP) is 2.13. The van der Waals surface area contributed by atoms with E-state index in [0.29, 0.717) is 34.7 Å². The van der Waals surface area contributed by atoms with Crippen LogP contribution in [0, 0.1) is 16.7 Å². The standard InChI is InChI=1S/C19H16N2O3S2/c20-10-19(18-25-8-9-26(18)24)13-6-3-7-21(13)15-14(19)16(22)11-4-1-2-5-12(11)17(15)23/h1-2,4-5,13,18H,3,6-9H2/t13-,18-,19-,26-/m1/s1. The Hall–Kier alpha value is -1.91. The van der Waals surface area contributed by atoms with Gasteiger partial charge in [0.2, 0.25) is 5.78 Å². The van der Waals surface area contributed by atoms with Crippen LogP contribution < -0.4 is 0 Å². The molecule has 1 aromatic carbocycles. The van der Waals surface area contributed by atoms with E-state index in [-0.39, 0.29) is 17.6 Å². The van der Waals surface area contributed by atoms with Crippen LogP contribution in [0.15, 0.2) is 35.5 Å². The maximum atomic E-state index is 13.4. The quantitative estimate of drug-likeness (QED) is 0.738. The van der Waals surface area contributed by atoms with Gasteiger partial charge in [0.15, 0.2) is 5.78 Å². The van der Waals surface area contributed by atoms with Crippen LogP contribution >= 0.6 is 11.8 Å². The summed E-state index contributed by atoms with van der Waals surface area (Å²) in [5.41, 5.74) is 0.308.